The van der Waals surface area contributed by atoms with Gasteiger partial charge in [-0.1, -0.05) is 18.6 Å². The van der Waals surface area contributed by atoms with Crippen LogP contribution in [0, 0.1) is 0 Å². The summed E-state index contributed by atoms with van der Waals surface area (Å²) in [7, 11) is 0. The normalized spacial score (nSPS) is 27.0. The zero-order valence-electron chi connectivity index (χ0n) is 13.2. The van der Waals surface area contributed by atoms with Crippen molar-refractivity contribution in [2.45, 2.75) is 51.2 Å². The van der Waals surface area contributed by atoms with Crippen LogP contribution in [0.25, 0.3) is 11.0 Å². The molecule has 1 saturated heterocycles. The molecule has 3 rings (SSSR count). The van der Waals surface area contributed by atoms with E-state index in [0.717, 1.165) is 15.8 Å². The Morgan fingerprint density at radius 1 is 1.42 bits per heavy atom. The molecule has 0 aliphatic carbocycles. The van der Waals surface area contributed by atoms with Crippen LogP contribution < -0.4 is 11.3 Å². The predicted octanol–water partition coefficient (Wildman–Crippen LogP) is -1.33. The average molecular weight is 354 g/mol. The molecule has 1 fully saturated rings. The summed E-state index contributed by atoms with van der Waals surface area (Å²) in [5, 5.41) is 31.9. The van der Waals surface area contributed by atoms with Gasteiger partial charge in [-0.2, -0.15) is 14.5 Å². The third-order valence-electron chi connectivity index (χ3n) is 4.00. The Morgan fingerprint density at radius 2 is 2.12 bits per heavy atom. The van der Waals surface area contributed by atoms with E-state index in [1.807, 2.05) is 6.92 Å². The molecule has 4 unspecified atom stereocenters. The highest BCUT2D eigenvalue weighted by molar-refractivity contribution is 7.80. The molecule has 130 valence electrons. The highest BCUT2D eigenvalue weighted by Gasteiger charge is 2.43. The van der Waals surface area contributed by atoms with Crippen LogP contribution in [0.3, 0.4) is 0 Å². The van der Waals surface area contributed by atoms with Gasteiger partial charge in [0.2, 0.25) is 0 Å². The maximum Gasteiger partial charge on any atom is 0.299 e. The van der Waals surface area contributed by atoms with Gasteiger partial charge in [0.15, 0.2) is 16.9 Å². The molecular weight excluding hydrogens is 336 g/mol. The maximum absolute atomic E-state index is 12.8. The van der Waals surface area contributed by atoms with Crippen molar-refractivity contribution in [3.63, 3.8) is 0 Å². The molecule has 2 aromatic heterocycles. The Morgan fingerprint density at radius 3 is 2.67 bits per heavy atom. The first-order valence-electron chi connectivity index (χ1n) is 7.55. The number of nitrogens with zero attached hydrogens (tertiary/aromatic N) is 5. The number of ether oxygens (including phenoxy) is 1. The first-order chi connectivity index (χ1) is 11.4. The molecule has 10 nitrogen and oxygen atoms in total. The zero-order chi connectivity index (χ0) is 17.6. The largest absolute Gasteiger partial charge is 0.388 e. The van der Waals surface area contributed by atoms with E-state index < -0.39 is 30.1 Å². The smallest absolute Gasteiger partial charge is 0.299 e. The van der Waals surface area contributed by atoms with Crippen molar-refractivity contribution in [3.8, 4) is 0 Å². The van der Waals surface area contributed by atoms with Gasteiger partial charge in [-0.25, -0.2) is 0 Å². The van der Waals surface area contributed by atoms with Gasteiger partial charge in [0.1, 0.15) is 17.7 Å². The fourth-order valence-electron chi connectivity index (χ4n) is 2.75. The van der Waals surface area contributed by atoms with Crippen LogP contribution in [-0.4, -0.2) is 58.4 Å². The van der Waals surface area contributed by atoms with Gasteiger partial charge in [0, 0.05) is 0 Å². The van der Waals surface area contributed by atoms with Crippen LogP contribution in [0.15, 0.2) is 4.79 Å². The second-order valence-corrected chi connectivity index (χ2v) is 6.11. The molecule has 0 aromatic carbocycles. The minimum atomic E-state index is -1.30. The van der Waals surface area contributed by atoms with Crippen LogP contribution in [0.5, 0.6) is 0 Å². The van der Waals surface area contributed by atoms with E-state index in [0.29, 0.717) is 17.6 Å². The highest BCUT2D eigenvalue weighted by atomic mass is 32.1. The van der Waals surface area contributed by atoms with E-state index in [1.54, 1.807) is 6.92 Å². The lowest BCUT2D eigenvalue weighted by atomic mass is 10.1. The average Bonchev–Trinajstić information content (AvgIpc) is 3.03. The van der Waals surface area contributed by atoms with E-state index in [9.17, 15) is 15.0 Å². The molecule has 24 heavy (non-hydrogen) atoms. The van der Waals surface area contributed by atoms with Crippen molar-refractivity contribution < 1.29 is 14.9 Å². The lowest BCUT2D eigenvalue weighted by Crippen LogP contribution is -2.37. The predicted molar refractivity (Wildman–Crippen MR) is 87.4 cm³/mol. The van der Waals surface area contributed by atoms with E-state index >= 15 is 0 Å². The summed E-state index contributed by atoms with van der Waals surface area (Å²) >= 11 is 4.95. The summed E-state index contributed by atoms with van der Waals surface area (Å²) < 4.78 is 7.45. The third kappa shape index (κ3) is 2.49. The second-order valence-electron chi connectivity index (χ2n) is 5.70. The van der Waals surface area contributed by atoms with Crippen molar-refractivity contribution in [2.75, 3.05) is 0 Å². The second kappa shape index (κ2) is 6.16. The summed E-state index contributed by atoms with van der Waals surface area (Å²) in [5.41, 5.74) is 6.00. The van der Waals surface area contributed by atoms with Crippen LogP contribution in [-0.2, 0) is 11.2 Å². The van der Waals surface area contributed by atoms with Crippen LogP contribution in [0.2, 0.25) is 0 Å². The number of hydrogen-bond donors (Lipinski definition) is 3. The van der Waals surface area contributed by atoms with Crippen LogP contribution in [0.1, 0.15) is 32.2 Å². The summed E-state index contributed by atoms with van der Waals surface area (Å²) in [6, 6.07) is 0. The molecule has 4 atom stereocenters. The van der Waals surface area contributed by atoms with Gasteiger partial charge in [0.05, 0.1) is 11.8 Å². The first-order valence-corrected chi connectivity index (χ1v) is 7.96. The number of thiocarbonyl (C=S) groups is 1. The van der Waals surface area contributed by atoms with Crippen molar-refractivity contribution >= 4 is 28.4 Å². The topological polar surface area (TPSA) is 141 Å². The van der Waals surface area contributed by atoms with Crippen molar-refractivity contribution in [2.24, 2.45) is 5.73 Å². The van der Waals surface area contributed by atoms with E-state index in [1.165, 1.54) is 0 Å². The van der Waals surface area contributed by atoms with Crippen molar-refractivity contribution in [1.82, 2.24) is 24.8 Å². The molecule has 0 bridgehead atoms. The Labute approximate surface area is 141 Å². The molecule has 1 aliphatic rings. The molecule has 2 aromatic rings. The van der Waals surface area contributed by atoms with Gasteiger partial charge >= 0.3 is 0 Å². The number of aliphatic hydroxyl groups is 2. The molecular formula is C13H18N6O4S. The number of fused-ring (bicyclic) bond motifs is 1. The molecule has 1 aliphatic heterocycles. The number of rotatable bonds is 3. The Hall–Kier alpha value is -1.95. The summed E-state index contributed by atoms with van der Waals surface area (Å²) in [6.07, 6.45) is -2.85. The molecule has 3 heterocycles. The molecule has 0 spiro atoms. The van der Waals surface area contributed by atoms with E-state index in [2.05, 4.69) is 15.4 Å². The van der Waals surface area contributed by atoms with Gasteiger partial charge < -0.3 is 20.7 Å². The SMILES string of the molecule is CCCc1nn(C(N)=S)c2c(=O)n(C3OC(C)C(O)C3O)nnc12. The van der Waals surface area contributed by atoms with Crippen molar-refractivity contribution in [1.29, 1.82) is 0 Å². The van der Waals surface area contributed by atoms with E-state index in [4.69, 9.17) is 22.7 Å². The fourth-order valence-corrected chi connectivity index (χ4v) is 2.89. The van der Waals surface area contributed by atoms with Gasteiger partial charge in [0.25, 0.3) is 5.56 Å². The zero-order valence-corrected chi connectivity index (χ0v) is 14.0. The number of aryl methyl sites for hydroxylation is 1. The lowest BCUT2D eigenvalue weighted by Gasteiger charge is -2.15. The quantitative estimate of drug-likeness (QED) is 0.572. The lowest BCUT2D eigenvalue weighted by molar-refractivity contribution is -0.0439. The Kier molecular flexibility index (Phi) is 4.34. The number of nitrogens with two attached hydrogens (primary N) is 1. The minimum absolute atomic E-state index is 0.0748. The first kappa shape index (κ1) is 16.9. The third-order valence-corrected chi connectivity index (χ3v) is 4.17. The van der Waals surface area contributed by atoms with Crippen LogP contribution >= 0.6 is 12.2 Å². The fraction of sp³-hybridized carbons (Fsp3) is 0.615. The van der Waals surface area contributed by atoms with Gasteiger partial charge in [-0.15, -0.1) is 5.10 Å². The van der Waals surface area contributed by atoms with Gasteiger partial charge in [-0.05, 0) is 25.6 Å². The highest BCUT2D eigenvalue weighted by Crippen LogP contribution is 2.27. The summed E-state index contributed by atoms with van der Waals surface area (Å²) in [5.74, 6) is 0. The minimum Gasteiger partial charge on any atom is -0.388 e. The maximum atomic E-state index is 12.8. The Bertz CT molecular complexity index is 849. The summed E-state index contributed by atoms with van der Waals surface area (Å²) in [4.78, 5) is 12.8. The molecule has 0 amide bonds. The number of hydrogen-bond acceptors (Lipinski definition) is 8. The molecule has 0 saturated carbocycles. The van der Waals surface area contributed by atoms with E-state index in [-0.39, 0.29) is 10.6 Å². The monoisotopic (exact) mass is 354 g/mol. The van der Waals surface area contributed by atoms with Crippen molar-refractivity contribution in [3.05, 3.63) is 16.0 Å². The van der Waals surface area contributed by atoms with Gasteiger partial charge in [-0.3, -0.25) is 4.79 Å². The van der Waals surface area contributed by atoms with Crippen LogP contribution in [0.4, 0.5) is 0 Å². The molecule has 0 radical (unpaired) electrons. The molecule has 11 heteroatoms. The molecule has 4 N–H and O–H groups in total. The number of aliphatic hydroxyl groups excluding tert-OH is 2. The summed E-state index contributed by atoms with van der Waals surface area (Å²) in [6.45, 7) is 3.55. The Balaban J connectivity index is 2.19. The number of aromatic nitrogens is 5. The standard InChI is InChI=1S/C13H18N6O4S/c1-3-4-6-7-8(18(16-6)13(14)24)11(22)19(17-15-7)12-10(21)9(20)5(2)23-12/h5,9-10,12,20-21H,3-4H2,1-2H3,(H2,14,24).